The Balaban J connectivity index is 2.44. The van der Waals surface area contributed by atoms with Crippen LogP contribution in [-0.4, -0.2) is 41.9 Å². The van der Waals surface area contributed by atoms with Gasteiger partial charge in [0.15, 0.2) is 0 Å². The highest BCUT2D eigenvalue weighted by atomic mass is 32.2. The van der Waals surface area contributed by atoms with E-state index in [0.29, 0.717) is 24.3 Å². The van der Waals surface area contributed by atoms with Crippen LogP contribution in [0.15, 0.2) is 0 Å². The minimum absolute atomic E-state index is 0.256. The average molecular weight is 230 g/mol. The minimum atomic E-state index is 0.256. The number of rotatable bonds is 5. The maximum absolute atomic E-state index is 11.8. The van der Waals surface area contributed by atoms with E-state index in [-0.39, 0.29) is 5.91 Å². The van der Waals surface area contributed by atoms with Crippen LogP contribution in [0, 0.1) is 0 Å². The summed E-state index contributed by atoms with van der Waals surface area (Å²) >= 11 is 1.89. The van der Waals surface area contributed by atoms with Crippen molar-refractivity contribution in [3.8, 4) is 0 Å². The van der Waals surface area contributed by atoms with Crippen LogP contribution in [0.25, 0.3) is 0 Å². The molecule has 0 bridgehead atoms. The molecule has 0 aromatic rings. The largest absolute Gasteiger partial charge is 0.342 e. The Hall–Kier alpha value is -0.220. The Bertz CT molecular complexity index is 211. The van der Waals surface area contributed by atoms with E-state index in [1.165, 1.54) is 12.8 Å². The van der Waals surface area contributed by atoms with E-state index >= 15 is 0 Å². The summed E-state index contributed by atoms with van der Waals surface area (Å²) in [6.45, 7) is 0.607. The molecule has 0 aromatic heterocycles. The van der Waals surface area contributed by atoms with Crippen LogP contribution in [0.5, 0.6) is 0 Å². The summed E-state index contributed by atoms with van der Waals surface area (Å²) < 4.78 is 0. The van der Waals surface area contributed by atoms with Gasteiger partial charge < -0.3 is 10.6 Å². The molecule has 0 aromatic carbocycles. The molecule has 2 atom stereocenters. The highest BCUT2D eigenvalue weighted by Crippen LogP contribution is 2.31. The standard InChI is InChI=1S/C11H22N2OS/c1-13(11(14)7-4-8-12)9-5-3-6-10(9)15-2/h9-10H,3-8,12H2,1-2H3/t9-,10-/m0/s1. The number of nitrogens with two attached hydrogens (primary N) is 1. The van der Waals surface area contributed by atoms with Gasteiger partial charge in [-0.2, -0.15) is 11.8 Å². The second-order valence-electron chi connectivity index (χ2n) is 4.17. The van der Waals surface area contributed by atoms with Gasteiger partial charge in [0.25, 0.3) is 0 Å². The van der Waals surface area contributed by atoms with Crippen LogP contribution < -0.4 is 5.73 Å². The fourth-order valence-corrected chi connectivity index (χ4v) is 3.27. The molecule has 3 nitrogen and oxygen atoms in total. The third kappa shape index (κ3) is 3.38. The number of hydrogen-bond donors (Lipinski definition) is 1. The van der Waals surface area contributed by atoms with Crippen molar-refractivity contribution in [3.05, 3.63) is 0 Å². The molecule has 1 saturated carbocycles. The molecule has 1 aliphatic rings. The molecule has 1 aliphatic carbocycles. The molecule has 88 valence electrons. The first-order valence-electron chi connectivity index (χ1n) is 5.69. The summed E-state index contributed by atoms with van der Waals surface area (Å²) in [4.78, 5) is 13.8. The van der Waals surface area contributed by atoms with Gasteiger partial charge in [-0.3, -0.25) is 4.79 Å². The van der Waals surface area contributed by atoms with E-state index in [2.05, 4.69) is 6.26 Å². The fourth-order valence-electron chi connectivity index (χ4n) is 2.24. The van der Waals surface area contributed by atoms with Gasteiger partial charge in [-0.1, -0.05) is 6.42 Å². The third-order valence-corrected chi connectivity index (χ3v) is 4.36. The lowest BCUT2D eigenvalue weighted by Gasteiger charge is -2.29. The van der Waals surface area contributed by atoms with Gasteiger partial charge in [-0.15, -0.1) is 0 Å². The number of thioether (sulfide) groups is 1. The smallest absolute Gasteiger partial charge is 0.222 e. The monoisotopic (exact) mass is 230 g/mol. The van der Waals surface area contributed by atoms with Crippen LogP contribution in [0.2, 0.25) is 0 Å². The van der Waals surface area contributed by atoms with Crippen LogP contribution in [-0.2, 0) is 4.79 Å². The zero-order chi connectivity index (χ0) is 11.3. The van der Waals surface area contributed by atoms with E-state index in [4.69, 9.17) is 5.73 Å². The second-order valence-corrected chi connectivity index (χ2v) is 5.25. The highest BCUT2D eigenvalue weighted by molar-refractivity contribution is 7.99. The lowest BCUT2D eigenvalue weighted by Crippen LogP contribution is -2.40. The first-order valence-corrected chi connectivity index (χ1v) is 6.98. The van der Waals surface area contributed by atoms with Crippen LogP contribution >= 0.6 is 11.8 Å². The molecule has 0 aliphatic heterocycles. The lowest BCUT2D eigenvalue weighted by molar-refractivity contribution is -0.131. The molecule has 0 radical (unpaired) electrons. The maximum atomic E-state index is 11.8. The van der Waals surface area contributed by atoms with Crippen LogP contribution in [0.3, 0.4) is 0 Å². The van der Waals surface area contributed by atoms with Crippen molar-refractivity contribution in [2.75, 3.05) is 19.8 Å². The van der Waals surface area contributed by atoms with Gasteiger partial charge in [0.05, 0.1) is 0 Å². The van der Waals surface area contributed by atoms with Gasteiger partial charge >= 0.3 is 0 Å². The van der Waals surface area contributed by atoms with Crippen molar-refractivity contribution in [1.29, 1.82) is 0 Å². The van der Waals surface area contributed by atoms with Crippen molar-refractivity contribution < 1.29 is 4.79 Å². The van der Waals surface area contributed by atoms with Crippen LogP contribution in [0.1, 0.15) is 32.1 Å². The minimum Gasteiger partial charge on any atom is -0.342 e. The average Bonchev–Trinajstić information content (AvgIpc) is 2.72. The molecule has 0 heterocycles. The Labute approximate surface area is 96.8 Å². The molecule has 4 heteroatoms. The SMILES string of the molecule is CS[C@H]1CCC[C@@H]1N(C)C(=O)CCCN. The molecule has 2 N–H and O–H groups in total. The van der Waals surface area contributed by atoms with Crippen molar-refractivity contribution in [2.45, 2.75) is 43.4 Å². The highest BCUT2D eigenvalue weighted by Gasteiger charge is 2.31. The summed E-state index contributed by atoms with van der Waals surface area (Å²) in [5.41, 5.74) is 5.41. The molecule has 15 heavy (non-hydrogen) atoms. The molecule has 1 fully saturated rings. The zero-order valence-electron chi connectivity index (χ0n) is 9.74. The normalized spacial score (nSPS) is 25.5. The van der Waals surface area contributed by atoms with E-state index < -0.39 is 0 Å². The van der Waals surface area contributed by atoms with E-state index in [9.17, 15) is 4.79 Å². The summed E-state index contributed by atoms with van der Waals surface area (Å²) in [6, 6.07) is 0.449. The summed E-state index contributed by atoms with van der Waals surface area (Å²) in [6.07, 6.45) is 7.22. The predicted molar refractivity (Wildman–Crippen MR) is 66.0 cm³/mol. The lowest BCUT2D eigenvalue weighted by atomic mass is 10.2. The van der Waals surface area contributed by atoms with Crippen LogP contribution in [0.4, 0.5) is 0 Å². The quantitative estimate of drug-likeness (QED) is 0.778. The summed E-state index contributed by atoms with van der Waals surface area (Å²) in [5.74, 6) is 0.256. The van der Waals surface area contributed by atoms with E-state index in [1.807, 2.05) is 23.7 Å². The fraction of sp³-hybridized carbons (Fsp3) is 0.909. The first kappa shape index (κ1) is 12.8. The molecule has 1 amide bonds. The summed E-state index contributed by atoms with van der Waals surface area (Å²) in [5, 5.41) is 0.636. The number of amides is 1. The molecule has 0 spiro atoms. The number of hydrogen-bond acceptors (Lipinski definition) is 3. The predicted octanol–water partition coefficient (Wildman–Crippen LogP) is 1.47. The van der Waals surface area contributed by atoms with Gasteiger partial charge in [0.1, 0.15) is 0 Å². The molecule has 0 unspecified atom stereocenters. The Morgan fingerprint density at radius 2 is 2.27 bits per heavy atom. The van der Waals surface area contributed by atoms with Crippen molar-refractivity contribution in [3.63, 3.8) is 0 Å². The Morgan fingerprint density at radius 1 is 1.53 bits per heavy atom. The van der Waals surface area contributed by atoms with Crippen molar-refractivity contribution in [1.82, 2.24) is 4.90 Å². The van der Waals surface area contributed by atoms with Crippen molar-refractivity contribution >= 4 is 17.7 Å². The Kier molecular flexibility index (Phi) is 5.47. The summed E-state index contributed by atoms with van der Waals surface area (Å²) in [7, 11) is 1.94. The van der Waals surface area contributed by atoms with E-state index in [1.54, 1.807) is 0 Å². The third-order valence-electron chi connectivity index (χ3n) is 3.21. The number of carbonyl (C=O) groups excluding carboxylic acids is 1. The molecular formula is C11H22N2OS. The Morgan fingerprint density at radius 3 is 2.87 bits per heavy atom. The second kappa shape index (κ2) is 6.38. The molecule has 1 rings (SSSR count). The topological polar surface area (TPSA) is 46.3 Å². The number of nitrogens with zero attached hydrogens (tertiary/aromatic N) is 1. The van der Waals surface area contributed by atoms with Gasteiger partial charge in [-0.05, 0) is 32.1 Å². The molecular weight excluding hydrogens is 208 g/mol. The van der Waals surface area contributed by atoms with Crippen molar-refractivity contribution in [2.24, 2.45) is 5.73 Å². The van der Waals surface area contributed by atoms with Gasteiger partial charge in [0, 0.05) is 24.8 Å². The first-order chi connectivity index (χ1) is 7.20. The zero-order valence-corrected chi connectivity index (χ0v) is 10.6. The van der Waals surface area contributed by atoms with Gasteiger partial charge in [-0.25, -0.2) is 0 Å². The maximum Gasteiger partial charge on any atom is 0.222 e. The van der Waals surface area contributed by atoms with E-state index in [0.717, 1.165) is 12.8 Å². The number of carbonyl (C=O) groups is 1. The molecule has 0 saturated heterocycles. The van der Waals surface area contributed by atoms with Gasteiger partial charge in [0.2, 0.25) is 5.91 Å².